The average Bonchev–Trinajstić information content (AvgIpc) is 2.97. The number of nitrogens with zero attached hydrogens (tertiary/aromatic N) is 1. The van der Waals surface area contributed by atoms with Gasteiger partial charge in [0.1, 0.15) is 4.90 Å². The Morgan fingerprint density at radius 2 is 2.10 bits per heavy atom. The van der Waals surface area contributed by atoms with Crippen LogP contribution in [0.25, 0.3) is 10.9 Å². The maximum absolute atomic E-state index is 12.5. The molecule has 110 valence electrons. The van der Waals surface area contributed by atoms with Crippen molar-refractivity contribution in [2.75, 3.05) is 4.72 Å². The Morgan fingerprint density at radius 1 is 1.33 bits per heavy atom. The van der Waals surface area contributed by atoms with E-state index >= 15 is 0 Å². The first-order valence-corrected chi connectivity index (χ1v) is 8.74. The third-order valence-electron chi connectivity index (χ3n) is 3.28. The Labute approximate surface area is 131 Å². The lowest BCUT2D eigenvalue weighted by molar-refractivity contribution is 0.602. The zero-order valence-electron chi connectivity index (χ0n) is 11.3. The molecule has 3 aromatic rings. The fraction of sp³-hybridized carbons (Fsp3) is 0.154. The second kappa shape index (κ2) is 5.01. The van der Waals surface area contributed by atoms with E-state index in [1.165, 1.54) is 17.7 Å². The fourth-order valence-corrected chi connectivity index (χ4v) is 4.11. The summed E-state index contributed by atoms with van der Waals surface area (Å²) in [4.78, 5) is 4.08. The number of sulfonamides is 1. The Hall–Kier alpha value is -1.57. The van der Waals surface area contributed by atoms with Crippen molar-refractivity contribution in [3.63, 3.8) is 0 Å². The Balaban J connectivity index is 2.06. The van der Waals surface area contributed by atoms with E-state index in [0.717, 1.165) is 10.4 Å². The highest BCUT2D eigenvalue weighted by atomic mass is 35.5. The van der Waals surface area contributed by atoms with Gasteiger partial charge in [0.25, 0.3) is 10.0 Å². The van der Waals surface area contributed by atoms with Crippen LogP contribution in [0.3, 0.4) is 0 Å². The number of aryl methyl sites for hydroxylation is 1. The maximum atomic E-state index is 12.5. The number of aromatic nitrogens is 2. The number of aromatic amines is 1. The van der Waals surface area contributed by atoms with Gasteiger partial charge in [-0.2, -0.15) is 4.37 Å². The Bertz CT molecular complexity index is 928. The number of benzene rings is 1. The molecule has 0 aliphatic heterocycles. The van der Waals surface area contributed by atoms with Gasteiger partial charge in [-0.15, -0.1) is 0 Å². The molecule has 0 saturated heterocycles. The monoisotopic (exact) mass is 341 g/mol. The van der Waals surface area contributed by atoms with Crippen LogP contribution in [0.2, 0.25) is 5.02 Å². The van der Waals surface area contributed by atoms with Gasteiger partial charge in [-0.1, -0.05) is 11.6 Å². The zero-order chi connectivity index (χ0) is 15.2. The van der Waals surface area contributed by atoms with E-state index < -0.39 is 10.0 Å². The lowest BCUT2D eigenvalue weighted by atomic mass is 10.2. The molecule has 2 aromatic heterocycles. The predicted octanol–water partition coefficient (Wildman–Crippen LogP) is 3.70. The summed E-state index contributed by atoms with van der Waals surface area (Å²) in [5, 5.41) is 1.14. The van der Waals surface area contributed by atoms with Crippen LogP contribution in [-0.2, 0) is 10.0 Å². The van der Waals surface area contributed by atoms with Gasteiger partial charge >= 0.3 is 0 Å². The third kappa shape index (κ3) is 2.52. The predicted molar refractivity (Wildman–Crippen MR) is 85.7 cm³/mol. The van der Waals surface area contributed by atoms with Crippen LogP contribution in [0.1, 0.15) is 10.4 Å². The van der Waals surface area contributed by atoms with Gasteiger partial charge in [-0.05, 0) is 43.6 Å². The van der Waals surface area contributed by atoms with Crippen LogP contribution in [0.5, 0.6) is 0 Å². The third-order valence-corrected chi connectivity index (χ3v) is 5.75. The molecule has 3 rings (SSSR count). The van der Waals surface area contributed by atoms with E-state index in [9.17, 15) is 8.42 Å². The van der Waals surface area contributed by atoms with E-state index in [-0.39, 0.29) is 4.90 Å². The van der Waals surface area contributed by atoms with Crippen LogP contribution in [0, 0.1) is 13.8 Å². The highest BCUT2D eigenvalue weighted by molar-refractivity contribution is 7.93. The molecule has 1 aromatic carbocycles. The van der Waals surface area contributed by atoms with Crippen molar-refractivity contribution in [1.82, 2.24) is 9.36 Å². The van der Waals surface area contributed by atoms with Crippen molar-refractivity contribution in [3.8, 4) is 0 Å². The van der Waals surface area contributed by atoms with E-state index in [4.69, 9.17) is 11.6 Å². The number of H-pyrrole nitrogens is 1. The SMILES string of the molecule is Cc1snc(NS(=O)(=O)c2c[nH]c3cc(Cl)ccc23)c1C. The molecular formula is C13H12ClN3O2S2. The van der Waals surface area contributed by atoms with Gasteiger partial charge < -0.3 is 4.98 Å². The molecular weight excluding hydrogens is 330 g/mol. The second-order valence-corrected chi connectivity index (χ2v) is 7.73. The van der Waals surface area contributed by atoms with E-state index in [1.807, 2.05) is 13.8 Å². The summed E-state index contributed by atoms with van der Waals surface area (Å²) in [6.07, 6.45) is 1.46. The van der Waals surface area contributed by atoms with Crippen molar-refractivity contribution < 1.29 is 8.42 Å². The first-order chi connectivity index (χ1) is 9.88. The summed E-state index contributed by atoms with van der Waals surface area (Å²) >= 11 is 7.17. The lowest BCUT2D eigenvalue weighted by Crippen LogP contribution is -2.13. The normalized spacial score (nSPS) is 12.0. The molecule has 2 N–H and O–H groups in total. The summed E-state index contributed by atoms with van der Waals surface area (Å²) in [5.41, 5.74) is 1.51. The minimum atomic E-state index is -3.70. The minimum Gasteiger partial charge on any atom is -0.360 e. The average molecular weight is 342 g/mol. The molecule has 21 heavy (non-hydrogen) atoms. The molecule has 2 heterocycles. The van der Waals surface area contributed by atoms with Gasteiger partial charge in [-0.3, -0.25) is 4.72 Å². The molecule has 0 amide bonds. The summed E-state index contributed by atoms with van der Waals surface area (Å²) in [7, 11) is -3.70. The molecule has 0 aliphatic rings. The van der Waals surface area contributed by atoms with Crippen LogP contribution in [0.4, 0.5) is 5.82 Å². The molecule has 0 bridgehead atoms. The number of anilines is 1. The Morgan fingerprint density at radius 3 is 2.76 bits per heavy atom. The summed E-state index contributed by atoms with van der Waals surface area (Å²) in [6, 6.07) is 5.03. The van der Waals surface area contributed by atoms with Crippen molar-refractivity contribution in [3.05, 3.63) is 39.9 Å². The van der Waals surface area contributed by atoms with Gasteiger partial charge in [0.05, 0.1) is 0 Å². The van der Waals surface area contributed by atoms with Gasteiger partial charge in [0.15, 0.2) is 5.82 Å². The van der Waals surface area contributed by atoms with E-state index in [2.05, 4.69) is 14.1 Å². The van der Waals surface area contributed by atoms with E-state index in [0.29, 0.717) is 21.7 Å². The van der Waals surface area contributed by atoms with Gasteiger partial charge in [0, 0.05) is 32.6 Å². The van der Waals surface area contributed by atoms with E-state index in [1.54, 1.807) is 18.2 Å². The van der Waals surface area contributed by atoms with Crippen molar-refractivity contribution in [1.29, 1.82) is 0 Å². The first-order valence-electron chi connectivity index (χ1n) is 6.11. The highest BCUT2D eigenvalue weighted by Crippen LogP contribution is 2.28. The lowest BCUT2D eigenvalue weighted by Gasteiger charge is -2.05. The number of fused-ring (bicyclic) bond motifs is 1. The highest BCUT2D eigenvalue weighted by Gasteiger charge is 2.21. The van der Waals surface area contributed by atoms with Crippen molar-refractivity contribution in [2.24, 2.45) is 0 Å². The first kappa shape index (κ1) is 14.4. The molecule has 8 heteroatoms. The number of hydrogen-bond donors (Lipinski definition) is 2. The number of nitrogens with one attached hydrogen (secondary N) is 2. The molecule has 0 unspecified atom stereocenters. The second-order valence-electron chi connectivity index (χ2n) is 4.66. The number of rotatable bonds is 3. The molecule has 0 radical (unpaired) electrons. The standard InChI is InChI=1S/C13H12ClN3O2S2/c1-7-8(2)20-16-13(7)17-21(18,19)12-6-15-11-5-9(14)3-4-10(11)12/h3-6,15H,1-2H3,(H,16,17). The van der Waals surface area contributed by atoms with Crippen LogP contribution >= 0.6 is 23.1 Å². The summed E-state index contributed by atoms with van der Waals surface area (Å²) < 4.78 is 31.7. The maximum Gasteiger partial charge on any atom is 0.265 e. The number of halogens is 1. The summed E-state index contributed by atoms with van der Waals surface area (Å²) in [6.45, 7) is 3.74. The quantitative estimate of drug-likeness (QED) is 0.762. The molecule has 5 nitrogen and oxygen atoms in total. The van der Waals surface area contributed by atoms with Gasteiger partial charge in [-0.25, -0.2) is 8.42 Å². The van der Waals surface area contributed by atoms with Crippen molar-refractivity contribution >= 4 is 49.9 Å². The van der Waals surface area contributed by atoms with Crippen LogP contribution in [-0.4, -0.2) is 17.8 Å². The molecule has 0 spiro atoms. The Kier molecular flexibility index (Phi) is 3.43. The zero-order valence-corrected chi connectivity index (χ0v) is 13.7. The topological polar surface area (TPSA) is 74.8 Å². The van der Waals surface area contributed by atoms with Crippen LogP contribution < -0.4 is 4.72 Å². The molecule has 0 atom stereocenters. The van der Waals surface area contributed by atoms with Crippen molar-refractivity contribution in [2.45, 2.75) is 18.7 Å². The molecule has 0 saturated carbocycles. The minimum absolute atomic E-state index is 0.180. The summed E-state index contributed by atoms with van der Waals surface area (Å²) in [5.74, 6) is 0.376. The molecule has 0 fully saturated rings. The van der Waals surface area contributed by atoms with Gasteiger partial charge in [0.2, 0.25) is 0 Å². The smallest absolute Gasteiger partial charge is 0.265 e. The number of hydrogen-bond acceptors (Lipinski definition) is 4. The molecule has 0 aliphatic carbocycles. The van der Waals surface area contributed by atoms with Crippen LogP contribution in [0.15, 0.2) is 29.3 Å². The largest absolute Gasteiger partial charge is 0.360 e. The fourth-order valence-electron chi connectivity index (χ4n) is 1.99.